The summed E-state index contributed by atoms with van der Waals surface area (Å²) in [5.74, 6) is 7.58. The van der Waals surface area contributed by atoms with Gasteiger partial charge >= 0.3 is 0 Å². The first kappa shape index (κ1) is 22.6. The number of benzene rings is 2. The molecule has 3 aromatic rings. The summed E-state index contributed by atoms with van der Waals surface area (Å²) in [5.41, 5.74) is 11.6. The highest BCUT2D eigenvalue weighted by Gasteiger charge is 2.26. The predicted octanol–water partition coefficient (Wildman–Crippen LogP) is 4.53. The van der Waals surface area contributed by atoms with Crippen LogP contribution in [0, 0.1) is 0 Å². The molecule has 33 heavy (non-hydrogen) atoms. The van der Waals surface area contributed by atoms with Gasteiger partial charge in [0.25, 0.3) is 0 Å². The van der Waals surface area contributed by atoms with Gasteiger partial charge in [-0.15, -0.1) is 0 Å². The minimum Gasteiger partial charge on any atom is -0.487 e. The minimum atomic E-state index is 0.106. The molecule has 7 nitrogen and oxygen atoms in total. The van der Waals surface area contributed by atoms with Crippen LogP contribution in [0.4, 0.5) is 17.1 Å². The van der Waals surface area contributed by atoms with E-state index < -0.39 is 0 Å². The van der Waals surface area contributed by atoms with Gasteiger partial charge in [0.1, 0.15) is 12.4 Å². The number of nitrogens with one attached hydrogen (secondary N) is 1. The van der Waals surface area contributed by atoms with E-state index in [-0.39, 0.29) is 6.61 Å². The van der Waals surface area contributed by atoms with Crippen LogP contribution in [-0.2, 0) is 6.61 Å². The third-order valence-corrected chi connectivity index (χ3v) is 5.50. The number of aliphatic hydroxyl groups is 1. The monoisotopic (exact) mass is 445 g/mol. The summed E-state index contributed by atoms with van der Waals surface area (Å²) in [4.78, 5) is 4.32. The fraction of sp³-hybridized carbons (Fsp3) is 0.269. The van der Waals surface area contributed by atoms with Gasteiger partial charge in [-0.3, -0.25) is 9.99 Å². The first-order valence-electron chi connectivity index (χ1n) is 11.3. The molecule has 0 saturated heterocycles. The molecule has 172 valence electrons. The summed E-state index contributed by atoms with van der Waals surface area (Å²) in [6, 6.07) is 19.9. The third-order valence-electron chi connectivity index (χ3n) is 5.50. The van der Waals surface area contributed by atoms with E-state index in [4.69, 9.17) is 21.4 Å². The number of nitrogens with zero attached hydrogens (tertiary/aromatic N) is 2. The van der Waals surface area contributed by atoms with E-state index in [1.54, 1.807) is 12.4 Å². The Morgan fingerprint density at radius 2 is 2.03 bits per heavy atom. The lowest BCUT2D eigenvalue weighted by Crippen LogP contribution is -2.26. The van der Waals surface area contributed by atoms with Crippen LogP contribution in [0.15, 0.2) is 78.8 Å². The Balaban J connectivity index is 1.46. The van der Waals surface area contributed by atoms with E-state index in [0.717, 1.165) is 28.5 Å². The number of anilines is 3. The standard InChI is InChI=1S/C26H31N5O2/c27-20(5-4-14-32)17-31(28)23-8-3-7-21(15-23)30-26-12-11-24(16-25(26)19-9-10-19)33-18-22-6-1-2-13-29-22/h1-3,6-8,11-13,15-17,19,30,32H,4-5,9-10,14,18,27-28H2/b20-17-. The number of aliphatic hydroxyl groups excluding tert-OH is 1. The molecule has 0 bridgehead atoms. The zero-order chi connectivity index (χ0) is 23.0. The lowest BCUT2D eigenvalue weighted by molar-refractivity contribution is 0.288. The zero-order valence-corrected chi connectivity index (χ0v) is 18.7. The number of aromatic nitrogens is 1. The molecule has 1 fully saturated rings. The molecule has 7 heteroatoms. The molecule has 1 saturated carbocycles. The molecule has 1 heterocycles. The maximum absolute atomic E-state index is 8.96. The van der Waals surface area contributed by atoms with Crippen molar-refractivity contribution < 1.29 is 9.84 Å². The average Bonchev–Trinajstić information content (AvgIpc) is 3.68. The Kier molecular flexibility index (Phi) is 7.44. The Labute approximate surface area is 194 Å². The van der Waals surface area contributed by atoms with Crippen molar-refractivity contribution in [2.45, 2.75) is 38.2 Å². The van der Waals surface area contributed by atoms with E-state index in [1.807, 2.05) is 48.5 Å². The molecule has 0 atom stereocenters. The predicted molar refractivity (Wildman–Crippen MR) is 132 cm³/mol. The van der Waals surface area contributed by atoms with Crippen LogP contribution in [0.1, 0.15) is 42.9 Å². The summed E-state index contributed by atoms with van der Waals surface area (Å²) in [6.45, 7) is 0.551. The van der Waals surface area contributed by atoms with E-state index >= 15 is 0 Å². The number of hydrogen-bond donors (Lipinski definition) is 4. The maximum Gasteiger partial charge on any atom is 0.130 e. The van der Waals surface area contributed by atoms with E-state index in [9.17, 15) is 0 Å². The summed E-state index contributed by atoms with van der Waals surface area (Å²) >= 11 is 0. The van der Waals surface area contributed by atoms with Gasteiger partial charge in [0.2, 0.25) is 0 Å². The SMILES string of the molecule is N/C(=C\N(N)c1cccc(Nc2ccc(OCc3ccccn3)cc2C2CC2)c1)CCCO. The van der Waals surface area contributed by atoms with Gasteiger partial charge in [-0.25, -0.2) is 5.84 Å². The van der Waals surface area contributed by atoms with Crippen LogP contribution in [0.5, 0.6) is 5.75 Å². The molecule has 6 N–H and O–H groups in total. The number of ether oxygens (including phenoxy) is 1. The highest BCUT2D eigenvalue weighted by atomic mass is 16.5. The van der Waals surface area contributed by atoms with E-state index in [2.05, 4.69) is 22.4 Å². The fourth-order valence-electron chi connectivity index (χ4n) is 3.62. The molecule has 1 aromatic heterocycles. The molecule has 0 spiro atoms. The molecule has 1 aliphatic carbocycles. The van der Waals surface area contributed by atoms with Crippen molar-refractivity contribution in [3.8, 4) is 5.75 Å². The van der Waals surface area contributed by atoms with Crippen molar-refractivity contribution in [1.82, 2.24) is 4.98 Å². The first-order chi connectivity index (χ1) is 16.1. The Morgan fingerprint density at radius 1 is 1.15 bits per heavy atom. The zero-order valence-electron chi connectivity index (χ0n) is 18.7. The molecular weight excluding hydrogens is 414 g/mol. The molecule has 1 aliphatic rings. The van der Waals surface area contributed by atoms with Crippen molar-refractivity contribution in [2.75, 3.05) is 16.9 Å². The van der Waals surface area contributed by atoms with Gasteiger partial charge in [0.15, 0.2) is 0 Å². The van der Waals surface area contributed by atoms with Crippen LogP contribution in [-0.4, -0.2) is 16.7 Å². The summed E-state index contributed by atoms with van der Waals surface area (Å²) in [5, 5.41) is 14.0. The van der Waals surface area contributed by atoms with Crippen LogP contribution in [0.25, 0.3) is 0 Å². The highest BCUT2D eigenvalue weighted by Crippen LogP contribution is 2.45. The smallest absolute Gasteiger partial charge is 0.130 e. The molecule has 4 rings (SSSR count). The maximum atomic E-state index is 8.96. The molecule has 2 aromatic carbocycles. The van der Waals surface area contributed by atoms with Crippen LogP contribution >= 0.6 is 0 Å². The quantitative estimate of drug-likeness (QED) is 0.253. The average molecular weight is 446 g/mol. The second-order valence-corrected chi connectivity index (χ2v) is 8.25. The van der Waals surface area contributed by atoms with Crippen molar-refractivity contribution in [2.24, 2.45) is 11.6 Å². The largest absolute Gasteiger partial charge is 0.487 e. The molecule has 0 radical (unpaired) electrons. The number of pyridine rings is 1. The summed E-state index contributed by atoms with van der Waals surface area (Å²) in [6.07, 6.45) is 7.06. The lowest BCUT2D eigenvalue weighted by atomic mass is 10.1. The Morgan fingerprint density at radius 3 is 2.79 bits per heavy atom. The number of hydrazine groups is 1. The van der Waals surface area contributed by atoms with E-state index in [1.165, 1.54) is 23.4 Å². The van der Waals surface area contributed by atoms with Crippen molar-refractivity contribution >= 4 is 17.1 Å². The molecule has 0 amide bonds. The fourth-order valence-corrected chi connectivity index (χ4v) is 3.62. The number of allylic oxidation sites excluding steroid dienone is 1. The van der Waals surface area contributed by atoms with Gasteiger partial charge in [-0.2, -0.15) is 0 Å². The van der Waals surface area contributed by atoms with E-state index in [0.29, 0.717) is 31.1 Å². The first-order valence-corrected chi connectivity index (χ1v) is 11.3. The Bertz CT molecular complexity index is 1080. The van der Waals surface area contributed by atoms with Crippen LogP contribution in [0.3, 0.4) is 0 Å². The normalized spacial score (nSPS) is 13.6. The third kappa shape index (κ3) is 6.47. The molecule has 0 aliphatic heterocycles. The van der Waals surface area contributed by atoms with Crippen molar-refractivity contribution in [3.63, 3.8) is 0 Å². The number of hydrogen-bond acceptors (Lipinski definition) is 7. The summed E-state index contributed by atoms with van der Waals surface area (Å²) in [7, 11) is 0. The van der Waals surface area contributed by atoms with Crippen molar-refractivity contribution in [1.29, 1.82) is 0 Å². The van der Waals surface area contributed by atoms with Crippen molar-refractivity contribution in [3.05, 3.63) is 90.0 Å². The molecular formula is C26H31N5O2. The highest BCUT2D eigenvalue weighted by molar-refractivity contribution is 5.69. The van der Waals surface area contributed by atoms with Crippen LogP contribution < -0.4 is 26.6 Å². The number of rotatable bonds is 11. The molecule has 0 unspecified atom stereocenters. The lowest BCUT2D eigenvalue weighted by Gasteiger charge is -2.18. The van der Waals surface area contributed by atoms with Gasteiger partial charge in [-0.1, -0.05) is 12.1 Å². The second-order valence-electron chi connectivity index (χ2n) is 8.25. The van der Waals surface area contributed by atoms with Crippen LogP contribution in [0.2, 0.25) is 0 Å². The van der Waals surface area contributed by atoms with Gasteiger partial charge in [-0.05, 0) is 85.7 Å². The number of nitrogens with two attached hydrogens (primary N) is 2. The topological polar surface area (TPSA) is 110 Å². The Hall–Kier alpha value is -3.55. The van der Waals surface area contributed by atoms with Gasteiger partial charge in [0, 0.05) is 36.1 Å². The summed E-state index contributed by atoms with van der Waals surface area (Å²) < 4.78 is 5.98. The second kappa shape index (κ2) is 10.8. The minimum absolute atomic E-state index is 0.106. The van der Waals surface area contributed by atoms with Gasteiger partial charge < -0.3 is 20.9 Å². The van der Waals surface area contributed by atoms with Gasteiger partial charge in [0.05, 0.1) is 11.4 Å².